The van der Waals surface area contributed by atoms with Gasteiger partial charge in [0.05, 0.1) is 5.92 Å². The zero-order valence-electron chi connectivity index (χ0n) is 11.2. The van der Waals surface area contributed by atoms with E-state index in [-0.39, 0.29) is 11.8 Å². The zero-order chi connectivity index (χ0) is 13.2. The molecule has 0 aliphatic rings. The lowest BCUT2D eigenvalue weighted by atomic mass is 10.0. The first kappa shape index (κ1) is 14.7. The molecule has 0 bridgehead atoms. The summed E-state index contributed by atoms with van der Waals surface area (Å²) in [5, 5.41) is 2.99. The molecule has 1 rings (SSSR count). The Balaban J connectivity index is 2.20. The van der Waals surface area contributed by atoms with Crippen molar-refractivity contribution >= 4 is 5.91 Å². The molecule has 0 saturated carbocycles. The largest absolute Gasteiger partial charge is 0.356 e. The monoisotopic (exact) mass is 248 g/mol. The molecule has 1 atom stereocenters. The average molecular weight is 248 g/mol. The first-order valence-electron chi connectivity index (χ1n) is 6.78. The maximum atomic E-state index is 11.9. The van der Waals surface area contributed by atoms with Crippen molar-refractivity contribution in [3.8, 4) is 0 Å². The lowest BCUT2D eigenvalue weighted by Crippen LogP contribution is -2.28. The predicted molar refractivity (Wildman–Crippen MR) is 75.4 cm³/mol. The fourth-order valence-electron chi connectivity index (χ4n) is 1.88. The van der Waals surface area contributed by atoms with E-state index in [0.717, 1.165) is 44.3 Å². The summed E-state index contributed by atoms with van der Waals surface area (Å²) in [5.74, 6) is 0.0373. The molecule has 100 valence electrons. The maximum Gasteiger partial charge on any atom is 0.227 e. The first-order valence-corrected chi connectivity index (χ1v) is 6.78. The maximum absolute atomic E-state index is 11.9. The highest BCUT2D eigenvalue weighted by atomic mass is 16.1. The van der Waals surface area contributed by atoms with Gasteiger partial charge in [-0.2, -0.15) is 0 Å². The van der Waals surface area contributed by atoms with Gasteiger partial charge in [0.1, 0.15) is 0 Å². The number of hydrogen-bond acceptors (Lipinski definition) is 2. The molecule has 1 unspecified atom stereocenters. The third kappa shape index (κ3) is 5.32. The number of amides is 1. The minimum absolute atomic E-state index is 0.0739. The van der Waals surface area contributed by atoms with Crippen molar-refractivity contribution in [2.75, 3.05) is 13.1 Å². The second-order valence-electron chi connectivity index (χ2n) is 4.63. The van der Waals surface area contributed by atoms with E-state index in [4.69, 9.17) is 5.73 Å². The lowest BCUT2D eigenvalue weighted by molar-refractivity contribution is -0.122. The van der Waals surface area contributed by atoms with E-state index in [9.17, 15) is 4.79 Å². The number of hydrogen-bond donors (Lipinski definition) is 2. The van der Waals surface area contributed by atoms with E-state index in [1.54, 1.807) is 0 Å². The van der Waals surface area contributed by atoms with Crippen molar-refractivity contribution in [1.82, 2.24) is 5.32 Å². The molecule has 0 saturated heterocycles. The van der Waals surface area contributed by atoms with Crippen LogP contribution in [-0.2, 0) is 4.79 Å². The average Bonchev–Trinajstić information content (AvgIpc) is 2.42. The van der Waals surface area contributed by atoms with E-state index < -0.39 is 0 Å². The van der Waals surface area contributed by atoms with Gasteiger partial charge in [-0.05, 0) is 31.9 Å². The van der Waals surface area contributed by atoms with Crippen LogP contribution >= 0.6 is 0 Å². The van der Waals surface area contributed by atoms with E-state index in [2.05, 4.69) is 5.32 Å². The van der Waals surface area contributed by atoms with Crippen molar-refractivity contribution in [3.63, 3.8) is 0 Å². The van der Waals surface area contributed by atoms with Crippen LogP contribution in [0.25, 0.3) is 0 Å². The Morgan fingerprint density at radius 3 is 2.50 bits per heavy atom. The molecule has 3 heteroatoms. The van der Waals surface area contributed by atoms with Gasteiger partial charge in [-0.1, -0.05) is 43.2 Å². The molecular weight excluding hydrogens is 224 g/mol. The summed E-state index contributed by atoms with van der Waals surface area (Å²) in [7, 11) is 0. The van der Waals surface area contributed by atoms with Crippen molar-refractivity contribution < 1.29 is 4.79 Å². The Morgan fingerprint density at radius 1 is 1.17 bits per heavy atom. The molecule has 1 aromatic carbocycles. The molecule has 0 spiro atoms. The molecule has 3 nitrogen and oxygen atoms in total. The first-order chi connectivity index (χ1) is 8.75. The van der Waals surface area contributed by atoms with Crippen molar-refractivity contribution in [1.29, 1.82) is 0 Å². The van der Waals surface area contributed by atoms with Gasteiger partial charge in [-0.3, -0.25) is 4.79 Å². The standard InChI is InChI=1S/C15H24N2O/c1-13(14-9-5-4-6-10-14)15(18)17-12-8-3-2-7-11-16/h4-6,9-10,13H,2-3,7-8,11-12,16H2,1H3,(H,17,18). The van der Waals surface area contributed by atoms with Crippen LogP contribution in [0.15, 0.2) is 30.3 Å². The van der Waals surface area contributed by atoms with E-state index in [1.807, 2.05) is 37.3 Å². The van der Waals surface area contributed by atoms with Gasteiger partial charge in [-0.25, -0.2) is 0 Å². The Morgan fingerprint density at radius 2 is 1.83 bits per heavy atom. The minimum Gasteiger partial charge on any atom is -0.356 e. The minimum atomic E-state index is -0.0739. The number of carbonyl (C=O) groups is 1. The quantitative estimate of drug-likeness (QED) is 0.694. The molecule has 0 radical (unpaired) electrons. The van der Waals surface area contributed by atoms with Crippen molar-refractivity contribution in [2.45, 2.75) is 38.5 Å². The van der Waals surface area contributed by atoms with Crippen LogP contribution in [0.2, 0.25) is 0 Å². The van der Waals surface area contributed by atoms with E-state index in [0.29, 0.717) is 0 Å². The van der Waals surface area contributed by atoms with Crippen LogP contribution in [0, 0.1) is 0 Å². The van der Waals surface area contributed by atoms with E-state index >= 15 is 0 Å². The summed E-state index contributed by atoms with van der Waals surface area (Å²) >= 11 is 0. The molecule has 1 amide bonds. The van der Waals surface area contributed by atoms with Crippen LogP contribution in [0.5, 0.6) is 0 Å². The van der Waals surface area contributed by atoms with Gasteiger partial charge in [0.2, 0.25) is 5.91 Å². The topological polar surface area (TPSA) is 55.1 Å². The highest BCUT2D eigenvalue weighted by molar-refractivity contribution is 5.83. The number of unbranched alkanes of at least 4 members (excludes halogenated alkanes) is 3. The van der Waals surface area contributed by atoms with E-state index in [1.165, 1.54) is 0 Å². The van der Waals surface area contributed by atoms with Gasteiger partial charge in [0.15, 0.2) is 0 Å². The molecule has 3 N–H and O–H groups in total. The Bertz CT molecular complexity index is 338. The third-order valence-corrected chi connectivity index (χ3v) is 3.12. The fourth-order valence-corrected chi connectivity index (χ4v) is 1.88. The summed E-state index contributed by atoms with van der Waals surface area (Å²) < 4.78 is 0. The number of nitrogens with two attached hydrogens (primary N) is 1. The van der Waals surface area contributed by atoms with Crippen molar-refractivity contribution in [3.05, 3.63) is 35.9 Å². The normalized spacial score (nSPS) is 12.1. The summed E-state index contributed by atoms with van der Waals surface area (Å²) in [6.45, 7) is 3.47. The van der Waals surface area contributed by atoms with Crippen LogP contribution in [0.3, 0.4) is 0 Å². The molecule has 0 aromatic heterocycles. The van der Waals surface area contributed by atoms with Gasteiger partial charge >= 0.3 is 0 Å². The fraction of sp³-hybridized carbons (Fsp3) is 0.533. The second-order valence-corrected chi connectivity index (χ2v) is 4.63. The number of carbonyl (C=O) groups excluding carboxylic acids is 1. The molecular formula is C15H24N2O. The molecule has 0 aliphatic carbocycles. The molecule has 18 heavy (non-hydrogen) atoms. The summed E-state index contributed by atoms with van der Waals surface area (Å²) in [6.07, 6.45) is 4.40. The summed E-state index contributed by atoms with van der Waals surface area (Å²) in [5.41, 5.74) is 6.49. The molecule has 0 heterocycles. The number of benzene rings is 1. The predicted octanol–water partition coefficient (Wildman–Crippen LogP) is 2.43. The Kier molecular flexibility index (Phi) is 7.11. The SMILES string of the molecule is CC(C(=O)NCCCCCCN)c1ccccc1. The van der Waals surface area contributed by atoms with Crippen LogP contribution in [0.1, 0.15) is 44.1 Å². The lowest BCUT2D eigenvalue weighted by Gasteiger charge is -2.12. The summed E-state index contributed by atoms with van der Waals surface area (Å²) in [4.78, 5) is 11.9. The number of nitrogens with one attached hydrogen (secondary N) is 1. The second kappa shape index (κ2) is 8.70. The molecule has 0 aliphatic heterocycles. The van der Waals surface area contributed by atoms with Crippen molar-refractivity contribution in [2.24, 2.45) is 5.73 Å². The zero-order valence-corrected chi connectivity index (χ0v) is 11.2. The number of rotatable bonds is 8. The third-order valence-electron chi connectivity index (χ3n) is 3.12. The van der Waals surface area contributed by atoms with Gasteiger partial charge in [0.25, 0.3) is 0 Å². The Hall–Kier alpha value is -1.35. The van der Waals surface area contributed by atoms with Gasteiger partial charge in [0, 0.05) is 6.54 Å². The smallest absolute Gasteiger partial charge is 0.227 e. The van der Waals surface area contributed by atoms with Crippen LogP contribution < -0.4 is 11.1 Å². The Labute approximate surface area is 110 Å². The molecule has 1 aromatic rings. The highest BCUT2D eigenvalue weighted by Crippen LogP contribution is 2.14. The summed E-state index contributed by atoms with van der Waals surface area (Å²) in [6, 6.07) is 9.88. The van der Waals surface area contributed by atoms with Gasteiger partial charge < -0.3 is 11.1 Å². The van der Waals surface area contributed by atoms with Crippen LogP contribution in [-0.4, -0.2) is 19.0 Å². The van der Waals surface area contributed by atoms with Crippen LogP contribution in [0.4, 0.5) is 0 Å². The highest BCUT2D eigenvalue weighted by Gasteiger charge is 2.13. The molecule has 0 fully saturated rings. The van der Waals surface area contributed by atoms with Gasteiger partial charge in [-0.15, -0.1) is 0 Å².